The lowest BCUT2D eigenvalue weighted by Crippen LogP contribution is -2.32. The van der Waals surface area contributed by atoms with E-state index in [0.29, 0.717) is 6.54 Å². The van der Waals surface area contributed by atoms with Gasteiger partial charge in [0.1, 0.15) is 5.82 Å². The molecule has 1 aromatic carbocycles. The lowest BCUT2D eigenvalue weighted by molar-refractivity contribution is 0.512. The predicted molar refractivity (Wildman–Crippen MR) is 70.3 cm³/mol. The van der Waals surface area contributed by atoms with E-state index in [-0.39, 0.29) is 17.6 Å². The fourth-order valence-corrected chi connectivity index (χ4v) is 2.20. The van der Waals surface area contributed by atoms with Crippen molar-refractivity contribution in [2.45, 2.75) is 13.0 Å². The molecule has 1 atom stereocenters. The normalized spacial score (nSPS) is 13.8. The van der Waals surface area contributed by atoms with Crippen molar-refractivity contribution in [3.63, 3.8) is 0 Å². The van der Waals surface area contributed by atoms with Gasteiger partial charge in [-0.05, 0) is 24.6 Å². The quantitative estimate of drug-likeness (QED) is 0.852. The van der Waals surface area contributed by atoms with Gasteiger partial charge in [0.05, 0.1) is 5.75 Å². The fourth-order valence-electron chi connectivity index (χ4n) is 1.46. The van der Waals surface area contributed by atoms with Crippen molar-refractivity contribution in [1.82, 2.24) is 9.62 Å². The lowest BCUT2D eigenvalue weighted by Gasteiger charge is -2.16. The molecule has 1 rings (SSSR count). The molecule has 0 fully saturated rings. The summed E-state index contributed by atoms with van der Waals surface area (Å²) in [5.41, 5.74) is 0.929. The van der Waals surface area contributed by atoms with E-state index in [1.165, 1.54) is 30.5 Å². The van der Waals surface area contributed by atoms with Crippen LogP contribution in [0.2, 0.25) is 0 Å². The minimum Gasteiger partial charge on any atom is -0.309 e. The number of hydrogen-bond donors (Lipinski definition) is 1. The maximum absolute atomic E-state index is 12.7. The van der Waals surface area contributed by atoms with E-state index in [2.05, 4.69) is 5.32 Å². The Morgan fingerprint density at radius 3 is 2.33 bits per heavy atom. The van der Waals surface area contributed by atoms with Crippen molar-refractivity contribution in [2.75, 3.05) is 26.4 Å². The average Bonchev–Trinajstić information content (AvgIpc) is 2.29. The number of hydrogen-bond acceptors (Lipinski definition) is 3. The van der Waals surface area contributed by atoms with Gasteiger partial charge in [0, 0.05) is 26.7 Å². The molecule has 1 aromatic rings. The Bertz CT molecular complexity index is 471. The Morgan fingerprint density at radius 1 is 1.28 bits per heavy atom. The summed E-state index contributed by atoms with van der Waals surface area (Å²) < 4.78 is 37.0. The summed E-state index contributed by atoms with van der Waals surface area (Å²) in [5, 5.41) is 3.10. The van der Waals surface area contributed by atoms with Crippen molar-refractivity contribution < 1.29 is 12.8 Å². The van der Waals surface area contributed by atoms with E-state index >= 15 is 0 Å². The third-order valence-electron chi connectivity index (χ3n) is 2.74. The molecular weight excluding hydrogens is 255 g/mol. The minimum absolute atomic E-state index is 0.0111. The largest absolute Gasteiger partial charge is 0.309 e. The van der Waals surface area contributed by atoms with Crippen LogP contribution in [0.3, 0.4) is 0 Å². The van der Waals surface area contributed by atoms with E-state index in [1.807, 2.05) is 6.92 Å². The average molecular weight is 274 g/mol. The highest BCUT2D eigenvalue weighted by atomic mass is 32.2. The van der Waals surface area contributed by atoms with E-state index in [0.717, 1.165) is 5.56 Å². The molecule has 0 bridgehead atoms. The summed E-state index contributed by atoms with van der Waals surface area (Å²) >= 11 is 0. The van der Waals surface area contributed by atoms with Crippen LogP contribution in [-0.4, -0.2) is 39.1 Å². The Morgan fingerprint density at radius 2 is 1.83 bits per heavy atom. The first-order chi connectivity index (χ1) is 8.33. The highest BCUT2D eigenvalue weighted by molar-refractivity contribution is 7.89. The van der Waals surface area contributed by atoms with Gasteiger partial charge in [-0.15, -0.1) is 0 Å². The van der Waals surface area contributed by atoms with Gasteiger partial charge in [-0.1, -0.05) is 12.1 Å². The molecule has 1 N–H and O–H groups in total. The van der Waals surface area contributed by atoms with E-state index in [1.54, 1.807) is 12.1 Å². The van der Waals surface area contributed by atoms with Crippen molar-refractivity contribution >= 4 is 10.0 Å². The summed E-state index contributed by atoms with van der Waals surface area (Å²) in [6.45, 7) is 2.27. The number of halogens is 1. The van der Waals surface area contributed by atoms with Crippen LogP contribution in [-0.2, 0) is 10.0 Å². The Hall–Kier alpha value is -0.980. The summed E-state index contributed by atoms with van der Waals surface area (Å²) in [5.74, 6) is -0.230. The molecule has 0 radical (unpaired) electrons. The second-order valence-corrected chi connectivity index (χ2v) is 6.63. The molecule has 0 saturated carbocycles. The van der Waals surface area contributed by atoms with Gasteiger partial charge in [-0.3, -0.25) is 0 Å². The monoisotopic (exact) mass is 274 g/mol. The molecule has 6 heteroatoms. The summed E-state index contributed by atoms with van der Waals surface area (Å²) in [6, 6.07) is 6.15. The molecule has 0 spiro atoms. The van der Waals surface area contributed by atoms with Crippen molar-refractivity contribution in [3.8, 4) is 0 Å². The molecule has 0 saturated heterocycles. The van der Waals surface area contributed by atoms with E-state index in [9.17, 15) is 12.8 Å². The number of nitrogens with zero attached hydrogens (tertiary/aromatic N) is 1. The second-order valence-electron chi connectivity index (χ2n) is 4.33. The van der Waals surface area contributed by atoms with Crippen molar-refractivity contribution in [3.05, 3.63) is 35.6 Å². The first-order valence-electron chi connectivity index (χ1n) is 5.72. The molecular formula is C12H19FN2O2S. The smallest absolute Gasteiger partial charge is 0.214 e. The molecule has 0 amide bonds. The first-order valence-corrected chi connectivity index (χ1v) is 7.33. The molecule has 0 aliphatic heterocycles. The molecule has 0 aliphatic rings. The number of rotatable bonds is 6. The zero-order valence-corrected chi connectivity index (χ0v) is 11.7. The molecule has 0 aliphatic carbocycles. The van der Waals surface area contributed by atoms with Crippen LogP contribution in [0.1, 0.15) is 18.5 Å². The third kappa shape index (κ3) is 4.36. The van der Waals surface area contributed by atoms with Crippen LogP contribution in [0.4, 0.5) is 4.39 Å². The zero-order chi connectivity index (χ0) is 13.8. The molecule has 1 unspecified atom stereocenters. The maximum Gasteiger partial charge on any atom is 0.214 e. The fraction of sp³-hybridized carbons (Fsp3) is 0.500. The number of benzene rings is 1. The van der Waals surface area contributed by atoms with Crippen molar-refractivity contribution in [1.29, 1.82) is 0 Å². The van der Waals surface area contributed by atoms with Gasteiger partial charge in [0.15, 0.2) is 0 Å². The van der Waals surface area contributed by atoms with Gasteiger partial charge in [0.2, 0.25) is 10.0 Å². The molecule has 0 heterocycles. The molecule has 18 heavy (non-hydrogen) atoms. The lowest BCUT2D eigenvalue weighted by atomic mass is 10.1. The third-order valence-corrected chi connectivity index (χ3v) is 4.57. The SMILES string of the molecule is CC(NCCS(=O)(=O)N(C)C)c1ccc(F)cc1. The van der Waals surface area contributed by atoms with Gasteiger partial charge in [-0.2, -0.15) is 0 Å². The van der Waals surface area contributed by atoms with Crippen molar-refractivity contribution in [2.24, 2.45) is 0 Å². The highest BCUT2D eigenvalue weighted by Crippen LogP contribution is 2.12. The zero-order valence-electron chi connectivity index (χ0n) is 10.9. The van der Waals surface area contributed by atoms with E-state index in [4.69, 9.17) is 0 Å². The summed E-state index contributed by atoms with van der Waals surface area (Å²) in [7, 11) is -0.147. The summed E-state index contributed by atoms with van der Waals surface area (Å²) in [4.78, 5) is 0. The Balaban J connectivity index is 2.47. The Kier molecular flexibility index (Phi) is 5.25. The summed E-state index contributed by atoms with van der Waals surface area (Å²) in [6.07, 6.45) is 0. The molecule has 4 nitrogen and oxygen atoms in total. The first kappa shape index (κ1) is 15.1. The standard InChI is InChI=1S/C12H19FN2O2S/c1-10(11-4-6-12(13)7-5-11)14-8-9-18(16,17)15(2)3/h4-7,10,14H,8-9H2,1-3H3. The number of sulfonamides is 1. The Labute approximate surface area is 108 Å². The van der Waals surface area contributed by atoms with Crippen LogP contribution in [0.25, 0.3) is 0 Å². The van der Waals surface area contributed by atoms with Crippen LogP contribution in [0, 0.1) is 5.82 Å². The van der Waals surface area contributed by atoms with Gasteiger partial charge in [0.25, 0.3) is 0 Å². The predicted octanol–water partition coefficient (Wildman–Crippen LogP) is 1.37. The molecule has 0 aromatic heterocycles. The topological polar surface area (TPSA) is 49.4 Å². The van der Waals surface area contributed by atoms with Crippen LogP contribution >= 0.6 is 0 Å². The van der Waals surface area contributed by atoms with Crippen LogP contribution in [0.5, 0.6) is 0 Å². The number of nitrogens with one attached hydrogen (secondary N) is 1. The van der Waals surface area contributed by atoms with E-state index < -0.39 is 10.0 Å². The van der Waals surface area contributed by atoms with Gasteiger partial charge < -0.3 is 5.32 Å². The maximum atomic E-state index is 12.7. The molecule has 102 valence electrons. The second kappa shape index (κ2) is 6.26. The van der Waals surface area contributed by atoms with Gasteiger partial charge in [-0.25, -0.2) is 17.1 Å². The van der Waals surface area contributed by atoms with Gasteiger partial charge >= 0.3 is 0 Å². The van der Waals surface area contributed by atoms with Crippen LogP contribution < -0.4 is 5.32 Å². The highest BCUT2D eigenvalue weighted by Gasteiger charge is 2.13. The minimum atomic E-state index is -3.17. The van der Waals surface area contributed by atoms with Crippen LogP contribution in [0.15, 0.2) is 24.3 Å².